The van der Waals surface area contributed by atoms with Crippen LogP contribution in [0, 0.1) is 12.3 Å². The van der Waals surface area contributed by atoms with Crippen molar-refractivity contribution in [3.8, 4) is 0 Å². The van der Waals surface area contributed by atoms with Crippen LogP contribution in [0.2, 0.25) is 5.02 Å². The third-order valence-corrected chi connectivity index (χ3v) is 4.63. The number of hydrogen-bond donors (Lipinski definition) is 1. The highest BCUT2D eigenvalue weighted by Crippen LogP contribution is 2.35. The molecule has 0 saturated carbocycles. The van der Waals surface area contributed by atoms with Crippen LogP contribution in [0.3, 0.4) is 0 Å². The fourth-order valence-corrected chi connectivity index (χ4v) is 2.78. The summed E-state index contributed by atoms with van der Waals surface area (Å²) in [6.45, 7) is 9.39. The number of halogens is 1. The van der Waals surface area contributed by atoms with Gasteiger partial charge in [-0.25, -0.2) is 0 Å². The van der Waals surface area contributed by atoms with Crippen molar-refractivity contribution in [1.82, 2.24) is 9.78 Å². The average molecular weight is 287 g/mol. The second kappa shape index (κ2) is 7.30. The lowest BCUT2D eigenvalue weighted by Crippen LogP contribution is -2.29. The first-order valence-corrected chi connectivity index (χ1v) is 7.74. The zero-order valence-electron chi connectivity index (χ0n) is 12.7. The van der Waals surface area contributed by atoms with Crippen LogP contribution in [0.5, 0.6) is 0 Å². The van der Waals surface area contributed by atoms with Crippen molar-refractivity contribution in [2.24, 2.45) is 5.41 Å². The summed E-state index contributed by atoms with van der Waals surface area (Å²) in [6.07, 6.45) is 5.12. The van der Waals surface area contributed by atoms with Crippen molar-refractivity contribution in [3.63, 3.8) is 0 Å². The quantitative estimate of drug-likeness (QED) is 0.785. The van der Waals surface area contributed by atoms with Crippen molar-refractivity contribution in [2.75, 3.05) is 6.61 Å². The number of rotatable bonds is 8. The molecule has 0 radical (unpaired) electrons. The second-order valence-electron chi connectivity index (χ2n) is 5.45. The smallest absolute Gasteiger partial charge is 0.0847 e. The first-order valence-electron chi connectivity index (χ1n) is 7.36. The first-order chi connectivity index (χ1) is 9.03. The standard InChI is InChI=1S/C15H27ClN2O/c1-5-8-9-15(6-2,11-19)10-13-14(16)12(4)17-18(13)7-3/h19H,5-11H2,1-4H3. The van der Waals surface area contributed by atoms with E-state index in [0.717, 1.165) is 55.1 Å². The normalized spacial score (nSPS) is 14.6. The summed E-state index contributed by atoms with van der Waals surface area (Å²) in [6, 6.07) is 0. The van der Waals surface area contributed by atoms with Crippen LogP contribution in [0.4, 0.5) is 0 Å². The molecular formula is C15H27ClN2O. The molecule has 3 nitrogen and oxygen atoms in total. The number of aromatic nitrogens is 2. The third-order valence-electron chi connectivity index (χ3n) is 4.14. The number of aliphatic hydroxyl groups excluding tert-OH is 1. The molecule has 0 amide bonds. The Hall–Kier alpha value is -0.540. The zero-order valence-corrected chi connectivity index (χ0v) is 13.4. The van der Waals surface area contributed by atoms with Gasteiger partial charge in [-0.2, -0.15) is 5.10 Å². The van der Waals surface area contributed by atoms with Gasteiger partial charge in [-0.05, 0) is 38.5 Å². The van der Waals surface area contributed by atoms with Crippen LogP contribution in [0.25, 0.3) is 0 Å². The third kappa shape index (κ3) is 3.73. The Bertz CT molecular complexity index is 397. The molecule has 0 aliphatic carbocycles. The molecule has 1 aromatic heterocycles. The minimum absolute atomic E-state index is 0.0565. The Morgan fingerprint density at radius 3 is 2.47 bits per heavy atom. The van der Waals surface area contributed by atoms with E-state index in [9.17, 15) is 5.11 Å². The summed E-state index contributed by atoms with van der Waals surface area (Å²) in [5, 5.41) is 15.1. The monoisotopic (exact) mass is 286 g/mol. The van der Waals surface area contributed by atoms with Crippen molar-refractivity contribution in [3.05, 3.63) is 16.4 Å². The zero-order chi connectivity index (χ0) is 14.5. The molecule has 1 atom stereocenters. The van der Waals surface area contributed by atoms with E-state index in [0.29, 0.717) is 0 Å². The van der Waals surface area contributed by atoms with E-state index in [1.807, 2.05) is 11.6 Å². The SMILES string of the molecule is CCCCC(CC)(CO)Cc1c(Cl)c(C)nn1CC. The van der Waals surface area contributed by atoms with Gasteiger partial charge in [-0.1, -0.05) is 38.3 Å². The molecule has 1 aromatic rings. The number of aliphatic hydroxyl groups is 1. The lowest BCUT2D eigenvalue weighted by molar-refractivity contribution is 0.105. The maximum atomic E-state index is 9.85. The molecule has 19 heavy (non-hydrogen) atoms. The van der Waals surface area contributed by atoms with Gasteiger partial charge < -0.3 is 5.11 Å². The summed E-state index contributed by atoms with van der Waals surface area (Å²) in [7, 11) is 0. The van der Waals surface area contributed by atoms with Gasteiger partial charge in [0.2, 0.25) is 0 Å². The molecule has 0 bridgehead atoms. The topological polar surface area (TPSA) is 38.1 Å². The minimum atomic E-state index is -0.0565. The molecule has 0 aromatic carbocycles. The molecule has 0 spiro atoms. The highest BCUT2D eigenvalue weighted by molar-refractivity contribution is 6.31. The fraction of sp³-hybridized carbons (Fsp3) is 0.800. The second-order valence-corrected chi connectivity index (χ2v) is 5.83. The van der Waals surface area contributed by atoms with E-state index in [2.05, 4.69) is 25.9 Å². The van der Waals surface area contributed by atoms with Gasteiger partial charge in [-0.15, -0.1) is 0 Å². The lowest BCUT2D eigenvalue weighted by Gasteiger charge is -2.31. The van der Waals surface area contributed by atoms with Crippen LogP contribution in [0.15, 0.2) is 0 Å². The molecule has 1 unspecified atom stereocenters. The molecule has 1 heterocycles. The van der Waals surface area contributed by atoms with Crippen LogP contribution in [-0.2, 0) is 13.0 Å². The highest BCUT2D eigenvalue weighted by Gasteiger charge is 2.30. The van der Waals surface area contributed by atoms with Crippen molar-refractivity contribution in [1.29, 1.82) is 0 Å². The predicted molar refractivity (Wildman–Crippen MR) is 80.7 cm³/mol. The first kappa shape index (κ1) is 16.5. The van der Waals surface area contributed by atoms with Gasteiger partial charge in [0, 0.05) is 13.2 Å². The van der Waals surface area contributed by atoms with Crippen molar-refractivity contribution in [2.45, 2.75) is 66.3 Å². The Labute approximate surface area is 122 Å². The predicted octanol–water partition coefficient (Wildman–Crippen LogP) is 3.99. The summed E-state index contributed by atoms with van der Waals surface area (Å²) in [5.41, 5.74) is 1.91. The summed E-state index contributed by atoms with van der Waals surface area (Å²) >= 11 is 6.38. The molecule has 0 fully saturated rings. The largest absolute Gasteiger partial charge is 0.396 e. The summed E-state index contributed by atoms with van der Waals surface area (Å²) in [5.74, 6) is 0. The maximum Gasteiger partial charge on any atom is 0.0847 e. The molecule has 0 aliphatic rings. The number of nitrogens with zero attached hydrogens (tertiary/aromatic N) is 2. The van der Waals surface area contributed by atoms with Crippen molar-refractivity contribution < 1.29 is 5.11 Å². The van der Waals surface area contributed by atoms with E-state index in [-0.39, 0.29) is 12.0 Å². The molecule has 1 N–H and O–H groups in total. The molecular weight excluding hydrogens is 260 g/mol. The van der Waals surface area contributed by atoms with Gasteiger partial charge in [0.1, 0.15) is 0 Å². The highest BCUT2D eigenvalue weighted by atomic mass is 35.5. The van der Waals surface area contributed by atoms with E-state index in [1.54, 1.807) is 0 Å². The number of hydrogen-bond acceptors (Lipinski definition) is 2. The molecule has 110 valence electrons. The van der Waals surface area contributed by atoms with Gasteiger partial charge in [0.15, 0.2) is 0 Å². The van der Waals surface area contributed by atoms with E-state index in [4.69, 9.17) is 11.6 Å². The van der Waals surface area contributed by atoms with Crippen LogP contribution in [-0.4, -0.2) is 21.5 Å². The summed E-state index contributed by atoms with van der Waals surface area (Å²) < 4.78 is 1.98. The molecule has 0 saturated heterocycles. The average Bonchev–Trinajstić information content (AvgIpc) is 2.70. The van der Waals surface area contributed by atoms with Crippen LogP contribution in [0.1, 0.15) is 57.8 Å². The van der Waals surface area contributed by atoms with E-state index < -0.39 is 0 Å². The molecule has 1 rings (SSSR count). The minimum Gasteiger partial charge on any atom is -0.396 e. The molecule has 4 heteroatoms. The van der Waals surface area contributed by atoms with Gasteiger partial charge >= 0.3 is 0 Å². The lowest BCUT2D eigenvalue weighted by atomic mass is 9.77. The Balaban J connectivity index is 3.02. The summed E-state index contributed by atoms with van der Waals surface area (Å²) in [4.78, 5) is 0. The Kier molecular flexibility index (Phi) is 6.34. The van der Waals surface area contributed by atoms with Gasteiger partial charge in [0.05, 0.1) is 16.4 Å². The Morgan fingerprint density at radius 2 is 2.00 bits per heavy atom. The fourth-order valence-electron chi connectivity index (χ4n) is 2.58. The maximum absolute atomic E-state index is 9.85. The molecule has 0 aliphatic heterocycles. The van der Waals surface area contributed by atoms with E-state index in [1.165, 1.54) is 0 Å². The van der Waals surface area contributed by atoms with Crippen LogP contribution >= 0.6 is 11.6 Å². The van der Waals surface area contributed by atoms with Crippen molar-refractivity contribution >= 4 is 11.6 Å². The number of aryl methyl sites for hydroxylation is 2. The van der Waals surface area contributed by atoms with E-state index >= 15 is 0 Å². The number of unbranched alkanes of at least 4 members (excludes halogenated alkanes) is 1. The van der Waals surface area contributed by atoms with Crippen LogP contribution < -0.4 is 0 Å². The van der Waals surface area contributed by atoms with Gasteiger partial charge in [0.25, 0.3) is 0 Å². The van der Waals surface area contributed by atoms with Gasteiger partial charge in [-0.3, -0.25) is 4.68 Å². The Morgan fingerprint density at radius 1 is 1.32 bits per heavy atom.